The first-order valence-electron chi connectivity index (χ1n) is 4.37. The summed E-state index contributed by atoms with van der Waals surface area (Å²) < 4.78 is 0. The quantitative estimate of drug-likeness (QED) is 0.354. The summed E-state index contributed by atoms with van der Waals surface area (Å²) in [6, 6.07) is 2.41. The molecule has 78 valence electrons. The summed E-state index contributed by atoms with van der Waals surface area (Å²) in [5.74, 6) is -1.37. The third kappa shape index (κ3) is 1.84. The second-order valence-corrected chi connectivity index (χ2v) is 3.39. The fourth-order valence-corrected chi connectivity index (χ4v) is 1.73. The standard InChI is InChI=1S/C10H4N2O4.2Li/c13-7-3-1-4-6(10(16)12-8(4)14)2-5(3)9(15)11-7;;/h1-2H,(H,11,13,15)(H,12,14,16);;/q;2*+1/p-2. The number of benzene rings is 1. The molecule has 8 heteroatoms. The van der Waals surface area contributed by atoms with E-state index in [4.69, 9.17) is 0 Å². The number of hydrogen-bond donors (Lipinski definition) is 0. The molecule has 0 spiro atoms. The fraction of sp³-hybridized carbons (Fsp3) is 0. The smallest absolute Gasteiger partial charge is 0.858 e. The van der Waals surface area contributed by atoms with Crippen LogP contribution in [0, 0.1) is 0 Å². The first-order chi connectivity index (χ1) is 7.58. The molecule has 0 bridgehead atoms. The number of fused-ring (bicyclic) bond motifs is 2. The summed E-state index contributed by atoms with van der Waals surface area (Å²) in [6.45, 7) is 0. The summed E-state index contributed by atoms with van der Waals surface area (Å²) >= 11 is 0. The van der Waals surface area contributed by atoms with E-state index in [2.05, 4.69) is 9.97 Å². The van der Waals surface area contributed by atoms with Gasteiger partial charge in [-0.05, 0) is 34.7 Å². The molecule has 2 aromatic heterocycles. The molecule has 6 nitrogen and oxygen atoms in total. The maximum Gasteiger partial charge on any atom is 1.00 e. The van der Waals surface area contributed by atoms with E-state index in [0.29, 0.717) is 0 Å². The zero-order chi connectivity index (χ0) is 11.4. The van der Waals surface area contributed by atoms with Gasteiger partial charge in [0.05, 0.1) is 10.8 Å². The summed E-state index contributed by atoms with van der Waals surface area (Å²) in [6.07, 6.45) is 0. The predicted molar refractivity (Wildman–Crippen MR) is 50.8 cm³/mol. The molecule has 0 aliphatic rings. The Hall–Kier alpha value is -1.31. The topological polar surface area (TPSA) is 106 Å². The number of rotatable bonds is 0. The van der Waals surface area contributed by atoms with Gasteiger partial charge in [-0.15, -0.1) is 0 Å². The van der Waals surface area contributed by atoms with Crippen LogP contribution >= 0.6 is 0 Å². The van der Waals surface area contributed by atoms with E-state index in [1.165, 1.54) is 12.1 Å². The van der Waals surface area contributed by atoms with Gasteiger partial charge < -0.3 is 10.2 Å². The monoisotopic (exact) mass is 228 g/mol. The molecule has 0 saturated carbocycles. The third-order valence-corrected chi connectivity index (χ3v) is 2.49. The van der Waals surface area contributed by atoms with E-state index in [-0.39, 0.29) is 59.3 Å². The van der Waals surface area contributed by atoms with Crippen molar-refractivity contribution in [3.8, 4) is 11.8 Å². The molecule has 3 rings (SSSR count). The molecule has 1 aromatic carbocycles. The van der Waals surface area contributed by atoms with Gasteiger partial charge >= 0.3 is 37.7 Å². The normalized spacial score (nSPS) is 10.2. The molecule has 0 fully saturated rings. The Kier molecular flexibility index (Phi) is 3.90. The molecule has 3 aromatic rings. The van der Waals surface area contributed by atoms with E-state index in [1.807, 2.05) is 0 Å². The molecule has 0 unspecified atom stereocenters. The maximum atomic E-state index is 11.2. The molecule has 0 saturated heterocycles. The van der Waals surface area contributed by atoms with E-state index >= 15 is 0 Å². The zero-order valence-electron chi connectivity index (χ0n) is 9.68. The third-order valence-electron chi connectivity index (χ3n) is 2.49. The summed E-state index contributed by atoms with van der Waals surface area (Å²) in [4.78, 5) is 28.9. The van der Waals surface area contributed by atoms with Crippen LogP contribution in [-0.2, 0) is 0 Å². The Morgan fingerprint density at radius 1 is 0.722 bits per heavy atom. The van der Waals surface area contributed by atoms with Gasteiger partial charge in [0.15, 0.2) is 0 Å². The number of aromatic nitrogens is 2. The molecule has 0 amide bonds. The Bertz CT molecular complexity index is 758. The minimum atomic E-state index is -0.685. The zero-order valence-corrected chi connectivity index (χ0v) is 9.68. The van der Waals surface area contributed by atoms with Crippen LogP contribution in [0.2, 0.25) is 0 Å². The Morgan fingerprint density at radius 2 is 1.06 bits per heavy atom. The van der Waals surface area contributed by atoms with E-state index in [1.54, 1.807) is 0 Å². The molecule has 0 N–H and O–H groups in total. The van der Waals surface area contributed by atoms with Gasteiger partial charge in [0.2, 0.25) is 0 Å². The van der Waals surface area contributed by atoms with Gasteiger partial charge in [-0.3, -0.25) is 9.59 Å². The SMILES string of the molecule is O=c1nc([O-])c2cc3c([O-])nc(=O)c3cc12.[Li+].[Li+]. The average Bonchev–Trinajstić information content (AvgIpc) is 2.67. The molecule has 0 aliphatic carbocycles. The van der Waals surface area contributed by atoms with Gasteiger partial charge in [-0.25, -0.2) is 9.97 Å². The summed E-state index contributed by atoms with van der Waals surface area (Å²) in [5, 5.41) is 22.7. The molecular formula is C10H2Li2N2O4. The van der Waals surface area contributed by atoms with Gasteiger partial charge in [-0.2, -0.15) is 0 Å². The van der Waals surface area contributed by atoms with Crippen molar-refractivity contribution in [3.05, 3.63) is 32.8 Å². The van der Waals surface area contributed by atoms with Gasteiger partial charge in [-0.1, -0.05) is 0 Å². The molecule has 0 atom stereocenters. The van der Waals surface area contributed by atoms with Crippen LogP contribution in [0.4, 0.5) is 0 Å². The Morgan fingerprint density at radius 3 is 1.44 bits per heavy atom. The van der Waals surface area contributed by atoms with Crippen molar-refractivity contribution in [3.63, 3.8) is 0 Å². The second-order valence-electron chi connectivity index (χ2n) is 3.39. The Balaban J connectivity index is 0.000000810. The van der Waals surface area contributed by atoms with E-state index in [9.17, 15) is 19.8 Å². The van der Waals surface area contributed by atoms with Crippen molar-refractivity contribution in [1.29, 1.82) is 0 Å². The number of nitrogens with zero attached hydrogens (tertiary/aromatic N) is 2. The first kappa shape index (κ1) is 14.8. The first-order valence-corrected chi connectivity index (χ1v) is 4.37. The van der Waals surface area contributed by atoms with Crippen LogP contribution in [0.1, 0.15) is 0 Å². The predicted octanol–water partition coefficient (Wildman–Crippen LogP) is -7.47. The molecule has 18 heavy (non-hydrogen) atoms. The molecule has 2 heterocycles. The summed E-state index contributed by atoms with van der Waals surface area (Å²) in [7, 11) is 0. The van der Waals surface area contributed by atoms with Crippen molar-refractivity contribution in [1.82, 2.24) is 9.97 Å². The molecule has 0 radical (unpaired) electrons. The van der Waals surface area contributed by atoms with Crippen molar-refractivity contribution in [2.75, 3.05) is 0 Å². The van der Waals surface area contributed by atoms with Crippen LogP contribution < -0.4 is 59.1 Å². The van der Waals surface area contributed by atoms with Crippen molar-refractivity contribution in [2.24, 2.45) is 0 Å². The van der Waals surface area contributed by atoms with Crippen molar-refractivity contribution < 1.29 is 47.9 Å². The average molecular weight is 228 g/mol. The van der Waals surface area contributed by atoms with Crippen LogP contribution in [0.3, 0.4) is 0 Å². The molecule has 0 aliphatic heterocycles. The molecular weight excluding hydrogens is 226 g/mol. The van der Waals surface area contributed by atoms with Gasteiger partial charge in [0, 0.05) is 0 Å². The van der Waals surface area contributed by atoms with Gasteiger partial charge in [0.25, 0.3) is 11.1 Å². The fourth-order valence-electron chi connectivity index (χ4n) is 1.73. The van der Waals surface area contributed by atoms with Crippen LogP contribution in [-0.4, -0.2) is 9.97 Å². The van der Waals surface area contributed by atoms with Gasteiger partial charge in [0.1, 0.15) is 0 Å². The van der Waals surface area contributed by atoms with E-state index in [0.717, 1.165) is 0 Å². The number of hydrogen-bond acceptors (Lipinski definition) is 6. The van der Waals surface area contributed by atoms with Crippen molar-refractivity contribution in [2.45, 2.75) is 0 Å². The second kappa shape index (κ2) is 4.76. The largest absolute Gasteiger partial charge is 1.00 e. The van der Waals surface area contributed by atoms with E-state index < -0.39 is 22.9 Å². The minimum absolute atomic E-state index is 0. The minimum Gasteiger partial charge on any atom is -0.858 e. The van der Waals surface area contributed by atoms with Crippen LogP contribution in [0.5, 0.6) is 11.8 Å². The van der Waals surface area contributed by atoms with Crippen LogP contribution in [0.25, 0.3) is 21.5 Å². The van der Waals surface area contributed by atoms with Crippen molar-refractivity contribution >= 4 is 21.5 Å². The Labute approximate surface area is 124 Å². The van der Waals surface area contributed by atoms with Crippen LogP contribution in [0.15, 0.2) is 21.7 Å². The summed E-state index contributed by atoms with van der Waals surface area (Å²) in [5.41, 5.74) is -1.37. The maximum absolute atomic E-state index is 11.2.